The van der Waals surface area contributed by atoms with Crippen molar-refractivity contribution in [3.05, 3.63) is 53.8 Å². The topological polar surface area (TPSA) is 59.1 Å². The first-order valence-electron chi connectivity index (χ1n) is 4.77. The molecule has 0 aliphatic heterocycles. The zero-order chi connectivity index (χ0) is 12.3. The summed E-state index contributed by atoms with van der Waals surface area (Å²) in [7, 11) is -3.57. The van der Waals surface area contributed by atoms with Crippen LogP contribution < -0.4 is 4.72 Å². The van der Waals surface area contributed by atoms with Crippen LogP contribution in [-0.4, -0.2) is 13.4 Å². The second-order valence-electron chi connectivity index (χ2n) is 3.29. The van der Waals surface area contributed by atoms with Gasteiger partial charge in [0, 0.05) is 6.20 Å². The Bertz CT molecular complexity index is 614. The minimum atomic E-state index is -3.57. The van der Waals surface area contributed by atoms with Crippen LogP contribution in [0.4, 0.5) is 5.69 Å². The van der Waals surface area contributed by atoms with Crippen LogP contribution in [0.25, 0.3) is 0 Å². The minimum absolute atomic E-state index is 0.202. The Hall–Kier alpha value is -1.59. The van der Waals surface area contributed by atoms with Gasteiger partial charge in [0.25, 0.3) is 10.0 Å². The first kappa shape index (κ1) is 11.9. The van der Waals surface area contributed by atoms with E-state index in [0.29, 0.717) is 5.69 Å². The lowest BCUT2D eigenvalue weighted by Crippen LogP contribution is -2.12. The molecule has 0 amide bonds. The summed E-state index contributed by atoms with van der Waals surface area (Å²) in [4.78, 5) is 3.97. The zero-order valence-electron chi connectivity index (χ0n) is 8.67. The van der Waals surface area contributed by atoms with Gasteiger partial charge in [-0.1, -0.05) is 29.8 Å². The number of rotatable bonds is 3. The van der Waals surface area contributed by atoms with Crippen molar-refractivity contribution in [2.24, 2.45) is 0 Å². The van der Waals surface area contributed by atoms with E-state index in [4.69, 9.17) is 11.6 Å². The quantitative estimate of drug-likeness (QED) is 0.871. The fraction of sp³-hybridized carbons (Fsp3) is 0. The van der Waals surface area contributed by atoms with Gasteiger partial charge < -0.3 is 0 Å². The van der Waals surface area contributed by atoms with Gasteiger partial charge in [-0.25, -0.2) is 13.4 Å². The molecule has 1 heterocycles. The monoisotopic (exact) mass is 268 g/mol. The highest BCUT2D eigenvalue weighted by atomic mass is 35.5. The predicted octanol–water partition coefficient (Wildman–Crippen LogP) is 2.54. The number of nitrogens with one attached hydrogen (secondary N) is 1. The molecular weight excluding hydrogens is 260 g/mol. The van der Waals surface area contributed by atoms with E-state index in [1.54, 1.807) is 18.2 Å². The lowest BCUT2D eigenvalue weighted by atomic mass is 10.4. The average Bonchev–Trinajstić information content (AvgIpc) is 2.29. The third kappa shape index (κ3) is 2.95. The molecule has 0 saturated carbocycles. The van der Waals surface area contributed by atoms with Crippen molar-refractivity contribution in [2.45, 2.75) is 4.90 Å². The minimum Gasteiger partial charge on any atom is -0.279 e. The van der Waals surface area contributed by atoms with Gasteiger partial charge in [0.1, 0.15) is 5.15 Å². The Morgan fingerprint density at radius 1 is 1.12 bits per heavy atom. The number of hydrogen-bond acceptors (Lipinski definition) is 3. The molecule has 6 heteroatoms. The van der Waals surface area contributed by atoms with E-state index in [1.165, 1.54) is 30.5 Å². The zero-order valence-corrected chi connectivity index (χ0v) is 10.2. The van der Waals surface area contributed by atoms with Crippen LogP contribution in [0.15, 0.2) is 53.6 Å². The number of nitrogens with zero attached hydrogens (tertiary/aromatic N) is 1. The summed E-state index contributed by atoms with van der Waals surface area (Å²) in [6.45, 7) is 0. The molecule has 0 atom stereocenters. The molecule has 1 N–H and O–H groups in total. The van der Waals surface area contributed by atoms with Gasteiger partial charge in [-0.3, -0.25) is 4.72 Å². The van der Waals surface area contributed by atoms with Crippen molar-refractivity contribution in [2.75, 3.05) is 4.72 Å². The summed E-state index contributed by atoms with van der Waals surface area (Å²) >= 11 is 5.67. The summed E-state index contributed by atoms with van der Waals surface area (Å²) in [6.07, 6.45) is 1.44. The second kappa shape index (κ2) is 4.73. The van der Waals surface area contributed by atoms with Gasteiger partial charge in [-0.15, -0.1) is 0 Å². The van der Waals surface area contributed by atoms with Gasteiger partial charge in [0.05, 0.1) is 10.6 Å². The van der Waals surface area contributed by atoms with Crippen LogP contribution in [0.5, 0.6) is 0 Å². The highest BCUT2D eigenvalue weighted by molar-refractivity contribution is 7.92. The lowest BCUT2D eigenvalue weighted by Gasteiger charge is -2.07. The number of sulfonamides is 1. The van der Waals surface area contributed by atoms with E-state index in [1.807, 2.05) is 0 Å². The number of anilines is 1. The number of pyridine rings is 1. The molecule has 1 aromatic carbocycles. The maximum absolute atomic E-state index is 11.9. The van der Waals surface area contributed by atoms with E-state index in [2.05, 4.69) is 9.71 Å². The highest BCUT2D eigenvalue weighted by Gasteiger charge is 2.13. The van der Waals surface area contributed by atoms with E-state index in [-0.39, 0.29) is 10.0 Å². The van der Waals surface area contributed by atoms with E-state index in [0.717, 1.165) is 0 Å². The number of halogens is 1. The molecule has 88 valence electrons. The summed E-state index contributed by atoms with van der Waals surface area (Å²) in [6, 6.07) is 11.1. The molecule has 1 aromatic heterocycles. The van der Waals surface area contributed by atoms with Crippen LogP contribution in [0.3, 0.4) is 0 Å². The van der Waals surface area contributed by atoms with E-state index in [9.17, 15) is 8.42 Å². The second-order valence-corrected chi connectivity index (χ2v) is 5.36. The van der Waals surface area contributed by atoms with Crippen molar-refractivity contribution < 1.29 is 8.42 Å². The molecule has 17 heavy (non-hydrogen) atoms. The Kier molecular flexibility index (Phi) is 3.31. The lowest BCUT2D eigenvalue weighted by molar-refractivity contribution is 0.601. The van der Waals surface area contributed by atoms with Crippen molar-refractivity contribution in [1.29, 1.82) is 0 Å². The normalized spacial score (nSPS) is 11.1. The smallest absolute Gasteiger partial charge is 0.261 e. The van der Waals surface area contributed by atoms with Crippen LogP contribution >= 0.6 is 11.6 Å². The van der Waals surface area contributed by atoms with Gasteiger partial charge in [-0.05, 0) is 24.3 Å². The summed E-state index contributed by atoms with van der Waals surface area (Å²) in [5.41, 5.74) is 0.383. The van der Waals surface area contributed by atoms with Crippen LogP contribution in [0.2, 0.25) is 5.15 Å². The molecule has 0 bridgehead atoms. The van der Waals surface area contributed by atoms with Crippen molar-refractivity contribution in [3.8, 4) is 0 Å². The maximum Gasteiger partial charge on any atom is 0.261 e. The van der Waals surface area contributed by atoms with Crippen molar-refractivity contribution in [3.63, 3.8) is 0 Å². The van der Waals surface area contributed by atoms with Crippen LogP contribution in [-0.2, 0) is 10.0 Å². The Morgan fingerprint density at radius 3 is 2.47 bits per heavy atom. The first-order valence-corrected chi connectivity index (χ1v) is 6.63. The summed E-state index contributed by atoms with van der Waals surface area (Å²) in [5.74, 6) is 0. The van der Waals surface area contributed by atoms with E-state index >= 15 is 0 Å². The van der Waals surface area contributed by atoms with Crippen LogP contribution in [0, 0.1) is 0 Å². The van der Waals surface area contributed by atoms with Gasteiger partial charge in [0.15, 0.2) is 0 Å². The SMILES string of the molecule is O=S(=O)(Nc1ccnc(Cl)c1)c1ccccc1. The molecule has 0 unspecified atom stereocenters. The van der Waals surface area contributed by atoms with Crippen molar-refractivity contribution >= 4 is 27.3 Å². The predicted molar refractivity (Wildman–Crippen MR) is 66.5 cm³/mol. The molecule has 0 spiro atoms. The van der Waals surface area contributed by atoms with Gasteiger partial charge in [-0.2, -0.15) is 0 Å². The number of benzene rings is 1. The Morgan fingerprint density at radius 2 is 1.82 bits per heavy atom. The summed E-state index contributed by atoms with van der Waals surface area (Å²) in [5, 5.41) is 0.235. The third-order valence-corrected chi connectivity index (χ3v) is 3.64. The maximum atomic E-state index is 11.9. The number of hydrogen-bond donors (Lipinski definition) is 1. The highest BCUT2D eigenvalue weighted by Crippen LogP contribution is 2.17. The van der Waals surface area contributed by atoms with Crippen molar-refractivity contribution in [1.82, 2.24) is 4.98 Å². The molecular formula is C11H9ClN2O2S. The fourth-order valence-electron chi connectivity index (χ4n) is 1.28. The van der Waals surface area contributed by atoms with Gasteiger partial charge in [0.2, 0.25) is 0 Å². The first-order chi connectivity index (χ1) is 8.08. The molecule has 2 rings (SSSR count). The fourth-order valence-corrected chi connectivity index (χ4v) is 2.52. The molecule has 0 saturated heterocycles. The molecule has 4 nitrogen and oxygen atoms in total. The van der Waals surface area contributed by atoms with Crippen LogP contribution in [0.1, 0.15) is 0 Å². The largest absolute Gasteiger partial charge is 0.279 e. The Balaban J connectivity index is 2.30. The van der Waals surface area contributed by atoms with E-state index < -0.39 is 10.0 Å². The molecule has 0 aliphatic carbocycles. The standard InChI is InChI=1S/C11H9ClN2O2S/c12-11-8-9(6-7-13-11)14-17(15,16)10-4-2-1-3-5-10/h1-8H,(H,13,14). The Labute approximate surface area is 104 Å². The van der Waals surface area contributed by atoms with Gasteiger partial charge >= 0.3 is 0 Å². The average molecular weight is 269 g/mol. The third-order valence-electron chi connectivity index (χ3n) is 2.03. The number of aromatic nitrogens is 1. The molecule has 0 radical (unpaired) electrons. The molecule has 0 fully saturated rings. The summed E-state index contributed by atoms with van der Waals surface area (Å²) < 4.78 is 26.3. The molecule has 0 aliphatic rings. The molecule has 2 aromatic rings.